The number of amides is 1. The number of carbonyl (C=O) groups excluding carboxylic acids is 1. The third kappa shape index (κ3) is 4.27. The van der Waals surface area contributed by atoms with Crippen molar-refractivity contribution in [2.45, 2.75) is 40.3 Å². The van der Waals surface area contributed by atoms with E-state index in [0.717, 1.165) is 44.1 Å². The van der Waals surface area contributed by atoms with E-state index in [4.69, 9.17) is 11.6 Å². The second kappa shape index (κ2) is 8.23. The third-order valence-corrected chi connectivity index (χ3v) is 5.76. The zero-order valence-corrected chi connectivity index (χ0v) is 16.6. The lowest BCUT2D eigenvalue weighted by Crippen LogP contribution is -2.48. The van der Waals surface area contributed by atoms with Crippen LogP contribution in [-0.4, -0.2) is 51.7 Å². The predicted molar refractivity (Wildman–Crippen MR) is 104 cm³/mol. The minimum Gasteiger partial charge on any atom is -0.340 e. The van der Waals surface area contributed by atoms with Crippen molar-refractivity contribution in [1.29, 1.82) is 0 Å². The number of nitrogens with zero attached hydrogens (tertiary/aromatic N) is 4. The van der Waals surface area contributed by atoms with E-state index in [-0.39, 0.29) is 5.91 Å². The molecule has 1 fully saturated rings. The first-order valence-electron chi connectivity index (χ1n) is 9.20. The van der Waals surface area contributed by atoms with Gasteiger partial charge in [0.25, 0.3) is 0 Å². The predicted octanol–water partition coefficient (Wildman–Crippen LogP) is 3.20. The summed E-state index contributed by atoms with van der Waals surface area (Å²) in [4.78, 5) is 16.9. The van der Waals surface area contributed by atoms with Gasteiger partial charge in [-0.05, 0) is 31.9 Å². The molecule has 0 saturated carbocycles. The van der Waals surface area contributed by atoms with E-state index in [2.05, 4.69) is 41.2 Å². The molecule has 0 unspecified atom stereocenters. The molecule has 2 heterocycles. The Balaban J connectivity index is 1.47. The molecule has 140 valence electrons. The van der Waals surface area contributed by atoms with Gasteiger partial charge in [0.1, 0.15) is 0 Å². The molecule has 1 amide bonds. The molecule has 2 aromatic rings. The fourth-order valence-electron chi connectivity index (χ4n) is 3.44. The van der Waals surface area contributed by atoms with Gasteiger partial charge >= 0.3 is 0 Å². The summed E-state index contributed by atoms with van der Waals surface area (Å²) in [7, 11) is 0. The molecule has 0 aliphatic carbocycles. The van der Waals surface area contributed by atoms with E-state index in [9.17, 15) is 4.79 Å². The van der Waals surface area contributed by atoms with Crippen LogP contribution in [0.5, 0.6) is 0 Å². The average molecular weight is 375 g/mol. The fraction of sp³-hybridized carbons (Fsp3) is 0.500. The standard InChI is InChI=1S/C20H27ClN4O/c1-15-6-4-5-7-18(15)14-23-10-12-24(13-11-23)19(26)8-9-25-17(3)20(21)16(2)22-25/h4-7H,8-14H2,1-3H3. The van der Waals surface area contributed by atoms with Gasteiger partial charge in [-0.1, -0.05) is 35.9 Å². The Hall–Kier alpha value is -1.85. The van der Waals surface area contributed by atoms with Gasteiger partial charge in [-0.15, -0.1) is 0 Å². The van der Waals surface area contributed by atoms with Crippen LogP contribution in [0.4, 0.5) is 0 Å². The van der Waals surface area contributed by atoms with Crippen molar-refractivity contribution in [2.75, 3.05) is 26.2 Å². The number of rotatable bonds is 5. The summed E-state index contributed by atoms with van der Waals surface area (Å²) in [6.07, 6.45) is 0.468. The van der Waals surface area contributed by atoms with E-state index in [1.807, 2.05) is 23.4 Å². The highest BCUT2D eigenvalue weighted by atomic mass is 35.5. The molecule has 1 saturated heterocycles. The lowest BCUT2D eigenvalue weighted by atomic mass is 10.1. The largest absolute Gasteiger partial charge is 0.340 e. The SMILES string of the molecule is Cc1ccccc1CN1CCN(C(=O)CCn2nc(C)c(Cl)c2C)CC1. The van der Waals surface area contributed by atoms with Crippen LogP contribution in [0.1, 0.15) is 28.9 Å². The zero-order valence-electron chi connectivity index (χ0n) is 15.8. The van der Waals surface area contributed by atoms with Crippen LogP contribution in [0, 0.1) is 20.8 Å². The maximum Gasteiger partial charge on any atom is 0.224 e. The third-order valence-electron chi connectivity index (χ3n) is 5.21. The van der Waals surface area contributed by atoms with Crippen LogP contribution >= 0.6 is 11.6 Å². The van der Waals surface area contributed by atoms with Gasteiger partial charge in [0.05, 0.1) is 23.0 Å². The number of halogens is 1. The maximum absolute atomic E-state index is 12.5. The van der Waals surface area contributed by atoms with Crippen LogP contribution in [0.25, 0.3) is 0 Å². The molecule has 1 aliphatic rings. The molecule has 0 radical (unpaired) electrons. The van der Waals surface area contributed by atoms with Gasteiger partial charge in [0.15, 0.2) is 0 Å². The molecule has 1 aromatic heterocycles. The fourth-order valence-corrected chi connectivity index (χ4v) is 3.57. The molecule has 5 nitrogen and oxygen atoms in total. The summed E-state index contributed by atoms with van der Waals surface area (Å²) in [5.74, 6) is 0.198. The van der Waals surface area contributed by atoms with Gasteiger partial charge < -0.3 is 4.90 Å². The normalized spacial score (nSPS) is 15.5. The van der Waals surface area contributed by atoms with Crippen molar-refractivity contribution in [3.63, 3.8) is 0 Å². The molecule has 0 N–H and O–H groups in total. The Bertz CT molecular complexity index is 778. The second-order valence-electron chi connectivity index (χ2n) is 7.04. The highest BCUT2D eigenvalue weighted by Gasteiger charge is 2.21. The zero-order chi connectivity index (χ0) is 18.7. The number of aryl methyl sites for hydroxylation is 3. The number of aromatic nitrogens is 2. The van der Waals surface area contributed by atoms with Crippen molar-refractivity contribution in [2.24, 2.45) is 0 Å². The van der Waals surface area contributed by atoms with E-state index >= 15 is 0 Å². The summed E-state index contributed by atoms with van der Waals surface area (Å²) in [6.45, 7) is 11.0. The van der Waals surface area contributed by atoms with Crippen molar-refractivity contribution in [3.05, 3.63) is 51.8 Å². The van der Waals surface area contributed by atoms with Crippen molar-refractivity contribution in [1.82, 2.24) is 19.6 Å². The van der Waals surface area contributed by atoms with E-state index in [0.29, 0.717) is 18.0 Å². The van der Waals surface area contributed by atoms with Crippen LogP contribution in [0.3, 0.4) is 0 Å². The Morgan fingerprint density at radius 3 is 2.42 bits per heavy atom. The molecule has 1 aromatic carbocycles. The minimum atomic E-state index is 0.198. The van der Waals surface area contributed by atoms with E-state index in [1.54, 1.807) is 0 Å². The Kier molecular flexibility index (Phi) is 5.99. The highest BCUT2D eigenvalue weighted by Crippen LogP contribution is 2.19. The molecule has 0 atom stereocenters. The van der Waals surface area contributed by atoms with Crippen LogP contribution in [0.15, 0.2) is 24.3 Å². The molecule has 26 heavy (non-hydrogen) atoms. The summed E-state index contributed by atoms with van der Waals surface area (Å²) < 4.78 is 1.84. The quantitative estimate of drug-likeness (QED) is 0.807. The van der Waals surface area contributed by atoms with Crippen LogP contribution in [0.2, 0.25) is 5.02 Å². The van der Waals surface area contributed by atoms with Crippen LogP contribution in [-0.2, 0) is 17.9 Å². The lowest BCUT2D eigenvalue weighted by molar-refractivity contribution is -0.133. The van der Waals surface area contributed by atoms with E-state index < -0.39 is 0 Å². The number of hydrogen-bond donors (Lipinski definition) is 0. The molecular formula is C20H27ClN4O. The van der Waals surface area contributed by atoms with E-state index in [1.165, 1.54) is 11.1 Å². The molecule has 6 heteroatoms. The maximum atomic E-state index is 12.5. The summed E-state index contributed by atoms with van der Waals surface area (Å²) in [5, 5.41) is 5.10. The minimum absolute atomic E-state index is 0.198. The van der Waals surface area contributed by atoms with Gasteiger partial charge in [-0.25, -0.2) is 0 Å². The first kappa shape index (κ1) is 18.9. The van der Waals surface area contributed by atoms with Gasteiger partial charge in [0, 0.05) is 39.1 Å². The topological polar surface area (TPSA) is 41.4 Å². The van der Waals surface area contributed by atoms with Crippen molar-refractivity contribution in [3.8, 4) is 0 Å². The average Bonchev–Trinajstić information content (AvgIpc) is 2.89. The van der Waals surface area contributed by atoms with Gasteiger partial charge in [0.2, 0.25) is 5.91 Å². The molecule has 3 rings (SSSR count). The first-order chi connectivity index (χ1) is 12.5. The highest BCUT2D eigenvalue weighted by molar-refractivity contribution is 6.31. The smallest absolute Gasteiger partial charge is 0.224 e. The number of hydrogen-bond acceptors (Lipinski definition) is 3. The Labute approximate surface area is 160 Å². The van der Waals surface area contributed by atoms with Crippen molar-refractivity contribution >= 4 is 17.5 Å². The summed E-state index contributed by atoms with van der Waals surface area (Å²) >= 11 is 6.17. The second-order valence-corrected chi connectivity index (χ2v) is 7.42. The van der Waals surface area contributed by atoms with Gasteiger partial charge in [-0.3, -0.25) is 14.4 Å². The summed E-state index contributed by atoms with van der Waals surface area (Å²) in [5.41, 5.74) is 4.45. The molecule has 0 spiro atoms. The molecule has 0 bridgehead atoms. The first-order valence-corrected chi connectivity index (χ1v) is 9.57. The molecular weight excluding hydrogens is 348 g/mol. The Morgan fingerprint density at radius 2 is 1.81 bits per heavy atom. The summed E-state index contributed by atoms with van der Waals surface area (Å²) in [6, 6.07) is 8.51. The van der Waals surface area contributed by atoms with Crippen LogP contribution < -0.4 is 0 Å². The molecule has 1 aliphatic heterocycles. The Morgan fingerprint density at radius 1 is 1.12 bits per heavy atom. The van der Waals surface area contributed by atoms with Gasteiger partial charge in [-0.2, -0.15) is 5.10 Å². The lowest BCUT2D eigenvalue weighted by Gasteiger charge is -2.35. The monoisotopic (exact) mass is 374 g/mol. The van der Waals surface area contributed by atoms with Crippen molar-refractivity contribution < 1.29 is 4.79 Å². The number of carbonyl (C=O) groups is 1. The number of piperazine rings is 1. The number of benzene rings is 1.